The molecule has 0 atom stereocenters. The number of anilines is 1. The number of carbonyl (C=O) groups is 1. The van der Waals surface area contributed by atoms with Crippen molar-refractivity contribution in [2.75, 3.05) is 19.5 Å². The van der Waals surface area contributed by atoms with Crippen LogP contribution in [0.1, 0.15) is 49.5 Å². The van der Waals surface area contributed by atoms with Crippen molar-refractivity contribution < 1.29 is 14.3 Å². The topological polar surface area (TPSA) is 73.3 Å². The standard InChI is InChI=1S/C19H25N3O3/c1-6-19(3,7-2)13-11-16(22-20-12-13)21-18(23)17-14(24-4)9-8-10-15(17)25-5/h8-12H,6-7H2,1-5H3,(H,21,22,23). The normalized spacial score (nSPS) is 11.1. The molecule has 0 saturated carbocycles. The van der Waals surface area contributed by atoms with Crippen molar-refractivity contribution in [3.8, 4) is 11.5 Å². The Kier molecular flexibility index (Phi) is 5.96. The molecule has 0 fully saturated rings. The Morgan fingerprint density at radius 1 is 1.16 bits per heavy atom. The Bertz CT molecular complexity index is 720. The van der Waals surface area contributed by atoms with Crippen LogP contribution in [0, 0.1) is 0 Å². The molecule has 0 saturated heterocycles. The second-order valence-electron chi connectivity index (χ2n) is 6.09. The zero-order valence-electron chi connectivity index (χ0n) is 15.4. The van der Waals surface area contributed by atoms with Gasteiger partial charge < -0.3 is 14.8 Å². The fraction of sp³-hybridized carbons (Fsp3) is 0.421. The summed E-state index contributed by atoms with van der Waals surface area (Å²) in [4.78, 5) is 12.7. The smallest absolute Gasteiger partial charge is 0.264 e. The van der Waals surface area contributed by atoms with Crippen LogP contribution in [0.4, 0.5) is 5.82 Å². The average Bonchev–Trinajstić information content (AvgIpc) is 2.66. The van der Waals surface area contributed by atoms with Crippen molar-refractivity contribution in [2.45, 2.75) is 39.0 Å². The Hall–Kier alpha value is -2.63. The van der Waals surface area contributed by atoms with Crippen LogP contribution < -0.4 is 14.8 Å². The maximum atomic E-state index is 12.7. The molecule has 0 aliphatic heterocycles. The van der Waals surface area contributed by atoms with Gasteiger partial charge in [-0.2, -0.15) is 5.10 Å². The quantitative estimate of drug-likeness (QED) is 0.827. The molecule has 2 aromatic rings. The van der Waals surface area contributed by atoms with E-state index in [4.69, 9.17) is 9.47 Å². The Morgan fingerprint density at radius 2 is 1.76 bits per heavy atom. The van der Waals surface area contributed by atoms with Gasteiger partial charge in [-0.3, -0.25) is 4.79 Å². The molecule has 134 valence electrons. The van der Waals surface area contributed by atoms with E-state index in [2.05, 4.69) is 36.3 Å². The Balaban J connectivity index is 2.34. The lowest BCUT2D eigenvalue weighted by Gasteiger charge is -2.26. The molecule has 1 heterocycles. The van der Waals surface area contributed by atoms with Crippen LogP contribution in [0.5, 0.6) is 11.5 Å². The van der Waals surface area contributed by atoms with E-state index in [1.54, 1.807) is 24.4 Å². The van der Waals surface area contributed by atoms with Gasteiger partial charge in [-0.25, -0.2) is 0 Å². The highest BCUT2D eigenvalue weighted by Gasteiger charge is 2.24. The van der Waals surface area contributed by atoms with Crippen molar-refractivity contribution in [3.05, 3.63) is 41.6 Å². The number of amides is 1. The van der Waals surface area contributed by atoms with Gasteiger partial charge in [0.25, 0.3) is 5.91 Å². The lowest BCUT2D eigenvalue weighted by molar-refractivity contribution is 0.102. The molecule has 0 radical (unpaired) electrons. The highest BCUT2D eigenvalue weighted by Crippen LogP contribution is 2.32. The average molecular weight is 343 g/mol. The first-order valence-electron chi connectivity index (χ1n) is 8.34. The zero-order chi connectivity index (χ0) is 18.4. The summed E-state index contributed by atoms with van der Waals surface area (Å²) < 4.78 is 10.6. The molecule has 25 heavy (non-hydrogen) atoms. The largest absolute Gasteiger partial charge is 0.496 e. The summed E-state index contributed by atoms with van der Waals surface area (Å²) >= 11 is 0. The van der Waals surface area contributed by atoms with E-state index < -0.39 is 0 Å². The van der Waals surface area contributed by atoms with Gasteiger partial charge in [-0.05, 0) is 42.0 Å². The van der Waals surface area contributed by atoms with Gasteiger partial charge in [0.05, 0.1) is 20.4 Å². The second-order valence-corrected chi connectivity index (χ2v) is 6.09. The molecule has 1 amide bonds. The first kappa shape index (κ1) is 18.7. The van der Waals surface area contributed by atoms with E-state index in [1.165, 1.54) is 14.2 Å². The summed E-state index contributed by atoms with van der Waals surface area (Å²) in [5, 5.41) is 10.9. The molecule has 0 spiro atoms. The van der Waals surface area contributed by atoms with E-state index in [0.29, 0.717) is 22.9 Å². The predicted octanol–water partition coefficient (Wildman–Crippen LogP) is 3.82. The minimum Gasteiger partial charge on any atom is -0.496 e. The highest BCUT2D eigenvalue weighted by atomic mass is 16.5. The molecule has 1 aromatic carbocycles. The molecule has 1 N–H and O–H groups in total. The minimum absolute atomic E-state index is 0.00244. The number of hydrogen-bond donors (Lipinski definition) is 1. The van der Waals surface area contributed by atoms with Crippen molar-refractivity contribution in [3.63, 3.8) is 0 Å². The molecular formula is C19H25N3O3. The van der Waals surface area contributed by atoms with Crippen LogP contribution in [0.3, 0.4) is 0 Å². The number of methoxy groups -OCH3 is 2. The van der Waals surface area contributed by atoms with Crippen molar-refractivity contribution >= 4 is 11.7 Å². The van der Waals surface area contributed by atoms with Crippen molar-refractivity contribution in [1.82, 2.24) is 10.2 Å². The monoisotopic (exact) mass is 343 g/mol. The highest BCUT2D eigenvalue weighted by molar-refractivity contribution is 6.07. The SMILES string of the molecule is CCC(C)(CC)c1cnnc(NC(=O)c2c(OC)cccc2OC)c1. The van der Waals surface area contributed by atoms with E-state index in [1.807, 2.05) is 6.07 Å². The number of ether oxygens (including phenoxy) is 2. The van der Waals surface area contributed by atoms with Gasteiger partial charge in [-0.1, -0.05) is 26.8 Å². The number of nitrogens with zero attached hydrogens (tertiary/aromatic N) is 2. The Morgan fingerprint density at radius 3 is 2.28 bits per heavy atom. The summed E-state index contributed by atoms with van der Waals surface area (Å²) in [6.07, 6.45) is 3.71. The molecule has 6 heteroatoms. The lowest BCUT2D eigenvalue weighted by Crippen LogP contribution is -2.21. The van der Waals surface area contributed by atoms with Gasteiger partial charge in [0.15, 0.2) is 5.82 Å². The second kappa shape index (κ2) is 7.96. The number of rotatable bonds is 7. The van der Waals surface area contributed by atoms with Gasteiger partial charge in [-0.15, -0.1) is 5.10 Å². The molecule has 0 bridgehead atoms. The zero-order valence-corrected chi connectivity index (χ0v) is 15.4. The van der Waals surface area contributed by atoms with Crippen LogP contribution in [0.15, 0.2) is 30.5 Å². The fourth-order valence-corrected chi connectivity index (χ4v) is 2.67. The van der Waals surface area contributed by atoms with Crippen LogP contribution >= 0.6 is 0 Å². The van der Waals surface area contributed by atoms with Crippen molar-refractivity contribution in [1.29, 1.82) is 0 Å². The van der Waals surface area contributed by atoms with E-state index in [0.717, 1.165) is 18.4 Å². The van der Waals surface area contributed by atoms with Gasteiger partial charge in [0.2, 0.25) is 0 Å². The summed E-state index contributed by atoms with van der Waals surface area (Å²) in [6, 6.07) is 7.07. The number of aromatic nitrogens is 2. The number of nitrogens with one attached hydrogen (secondary N) is 1. The fourth-order valence-electron chi connectivity index (χ4n) is 2.67. The summed E-state index contributed by atoms with van der Waals surface area (Å²) in [5.41, 5.74) is 1.38. The lowest BCUT2D eigenvalue weighted by atomic mass is 9.79. The predicted molar refractivity (Wildman–Crippen MR) is 97.5 cm³/mol. The first-order valence-corrected chi connectivity index (χ1v) is 8.34. The summed E-state index contributed by atoms with van der Waals surface area (Å²) in [5.74, 6) is 0.930. The van der Waals surface area contributed by atoms with Crippen LogP contribution in [0.25, 0.3) is 0 Å². The maximum absolute atomic E-state index is 12.7. The molecule has 0 aliphatic carbocycles. The molecular weight excluding hydrogens is 318 g/mol. The van der Waals surface area contributed by atoms with Gasteiger partial charge in [0, 0.05) is 0 Å². The van der Waals surface area contributed by atoms with E-state index in [-0.39, 0.29) is 11.3 Å². The third kappa shape index (κ3) is 3.90. The Labute approximate surface area is 148 Å². The van der Waals surface area contributed by atoms with Crippen LogP contribution in [-0.4, -0.2) is 30.3 Å². The number of benzene rings is 1. The minimum atomic E-state index is -0.351. The molecule has 2 rings (SSSR count). The molecule has 0 aliphatic rings. The number of carbonyl (C=O) groups excluding carboxylic acids is 1. The van der Waals surface area contributed by atoms with E-state index in [9.17, 15) is 4.79 Å². The van der Waals surface area contributed by atoms with Crippen molar-refractivity contribution in [2.24, 2.45) is 0 Å². The third-order valence-corrected chi connectivity index (χ3v) is 4.81. The van der Waals surface area contributed by atoms with Crippen LogP contribution in [-0.2, 0) is 5.41 Å². The molecule has 1 aromatic heterocycles. The maximum Gasteiger partial charge on any atom is 0.264 e. The molecule has 6 nitrogen and oxygen atoms in total. The van der Waals surface area contributed by atoms with Crippen LogP contribution in [0.2, 0.25) is 0 Å². The molecule has 0 unspecified atom stereocenters. The summed E-state index contributed by atoms with van der Waals surface area (Å²) in [7, 11) is 3.03. The third-order valence-electron chi connectivity index (χ3n) is 4.81. The van der Waals surface area contributed by atoms with Gasteiger partial charge >= 0.3 is 0 Å². The number of hydrogen-bond acceptors (Lipinski definition) is 5. The first-order chi connectivity index (χ1) is 12.0. The van der Waals surface area contributed by atoms with E-state index >= 15 is 0 Å². The summed E-state index contributed by atoms with van der Waals surface area (Å²) in [6.45, 7) is 6.46. The van der Waals surface area contributed by atoms with Gasteiger partial charge in [0.1, 0.15) is 17.1 Å².